The van der Waals surface area contributed by atoms with Crippen LogP contribution in [-0.4, -0.2) is 47.4 Å². The number of nitrogens with one attached hydrogen (secondary N) is 1. The SMILES string of the molecule is CCCCCCCCCCCCCCCCCCCCCC(=O)OCCCCCCCCCCCC(=O)NC(CO)C(O)CCCCCCCCCCC. The zero-order valence-electron chi connectivity index (χ0n) is 36.5. The first-order valence-corrected chi connectivity index (χ1v) is 24.3. The summed E-state index contributed by atoms with van der Waals surface area (Å²) in [4.78, 5) is 24.4. The molecule has 0 aliphatic heterocycles. The Kier molecular flexibility index (Phi) is 43.6. The molecule has 2 unspecified atom stereocenters. The van der Waals surface area contributed by atoms with Crippen molar-refractivity contribution in [1.82, 2.24) is 5.32 Å². The topological polar surface area (TPSA) is 95.9 Å². The van der Waals surface area contributed by atoms with Gasteiger partial charge in [-0.1, -0.05) is 232 Å². The molecule has 54 heavy (non-hydrogen) atoms. The van der Waals surface area contributed by atoms with Crippen LogP contribution in [0.5, 0.6) is 0 Å². The Hall–Kier alpha value is -1.14. The van der Waals surface area contributed by atoms with Crippen LogP contribution in [0.1, 0.15) is 271 Å². The molecule has 6 heteroatoms. The van der Waals surface area contributed by atoms with Gasteiger partial charge in [0.15, 0.2) is 0 Å². The van der Waals surface area contributed by atoms with E-state index in [1.165, 1.54) is 180 Å². The summed E-state index contributed by atoms with van der Waals surface area (Å²) in [6.45, 7) is 4.88. The number of ether oxygens (including phenoxy) is 1. The first-order valence-electron chi connectivity index (χ1n) is 24.3. The maximum Gasteiger partial charge on any atom is 0.305 e. The van der Waals surface area contributed by atoms with Gasteiger partial charge in [0.2, 0.25) is 5.91 Å². The molecule has 0 aromatic carbocycles. The second-order valence-corrected chi connectivity index (χ2v) is 16.8. The van der Waals surface area contributed by atoms with Gasteiger partial charge in [-0.2, -0.15) is 0 Å². The molecule has 1 amide bonds. The molecule has 0 radical (unpaired) electrons. The monoisotopic (exact) mass is 766 g/mol. The van der Waals surface area contributed by atoms with E-state index in [-0.39, 0.29) is 18.5 Å². The molecule has 0 aliphatic rings. The van der Waals surface area contributed by atoms with Crippen LogP contribution in [0.25, 0.3) is 0 Å². The van der Waals surface area contributed by atoms with Gasteiger partial charge in [0.1, 0.15) is 0 Å². The number of rotatable bonds is 45. The quantitative estimate of drug-likeness (QED) is 0.0424. The smallest absolute Gasteiger partial charge is 0.305 e. The maximum absolute atomic E-state index is 12.4. The Labute approximate surface area is 336 Å². The minimum absolute atomic E-state index is 0.0206. The van der Waals surface area contributed by atoms with Crippen LogP contribution in [0, 0.1) is 0 Å². The predicted molar refractivity (Wildman–Crippen MR) is 232 cm³/mol. The first kappa shape index (κ1) is 52.9. The van der Waals surface area contributed by atoms with Crippen LogP contribution < -0.4 is 5.32 Å². The van der Waals surface area contributed by atoms with Crippen molar-refractivity contribution in [3.05, 3.63) is 0 Å². The highest BCUT2D eigenvalue weighted by molar-refractivity contribution is 5.76. The number of amides is 1. The third-order valence-corrected chi connectivity index (χ3v) is 11.4. The lowest BCUT2D eigenvalue weighted by atomic mass is 10.0. The number of hydrogen-bond acceptors (Lipinski definition) is 5. The Bertz CT molecular complexity index is 761. The summed E-state index contributed by atoms with van der Waals surface area (Å²) in [6, 6.07) is -0.557. The van der Waals surface area contributed by atoms with Crippen molar-refractivity contribution in [2.45, 2.75) is 283 Å². The van der Waals surface area contributed by atoms with E-state index in [1.54, 1.807) is 0 Å². The predicted octanol–water partition coefficient (Wildman–Crippen LogP) is 14.0. The summed E-state index contributed by atoms with van der Waals surface area (Å²) >= 11 is 0. The number of carbonyl (C=O) groups is 2. The molecule has 0 fully saturated rings. The largest absolute Gasteiger partial charge is 0.466 e. The molecule has 0 bridgehead atoms. The van der Waals surface area contributed by atoms with E-state index in [2.05, 4.69) is 19.2 Å². The van der Waals surface area contributed by atoms with E-state index in [4.69, 9.17) is 4.74 Å². The van der Waals surface area contributed by atoms with Crippen molar-refractivity contribution in [3.63, 3.8) is 0 Å². The Balaban J connectivity index is 3.41. The van der Waals surface area contributed by atoms with Crippen molar-refractivity contribution in [2.24, 2.45) is 0 Å². The molecule has 0 aromatic heterocycles. The zero-order chi connectivity index (χ0) is 39.4. The van der Waals surface area contributed by atoms with Gasteiger partial charge in [0.25, 0.3) is 0 Å². The number of unbranched alkanes of at least 4 members (excludes halogenated alkanes) is 34. The standard InChI is InChI=1S/C48H95NO5/c1-3-5-7-9-11-13-14-15-16-17-18-19-20-21-22-26-30-34-38-42-48(53)54-43-39-35-31-27-23-25-29-33-37-41-47(52)49-45(44-50)46(51)40-36-32-28-24-12-10-8-6-4-2/h45-46,50-51H,3-44H2,1-2H3,(H,49,52). The highest BCUT2D eigenvalue weighted by Crippen LogP contribution is 2.16. The number of aliphatic hydroxyl groups excluding tert-OH is 2. The summed E-state index contributed by atoms with van der Waals surface area (Å²) in [6.07, 6.45) is 47.9. The van der Waals surface area contributed by atoms with Gasteiger partial charge in [-0.3, -0.25) is 9.59 Å². The number of esters is 1. The van der Waals surface area contributed by atoms with Gasteiger partial charge < -0.3 is 20.3 Å². The molecular weight excluding hydrogens is 671 g/mol. The van der Waals surface area contributed by atoms with Crippen LogP contribution >= 0.6 is 0 Å². The van der Waals surface area contributed by atoms with Crippen molar-refractivity contribution in [3.8, 4) is 0 Å². The Morgan fingerprint density at radius 1 is 0.444 bits per heavy atom. The van der Waals surface area contributed by atoms with Crippen molar-refractivity contribution in [2.75, 3.05) is 13.2 Å². The van der Waals surface area contributed by atoms with Crippen LogP contribution in [0.3, 0.4) is 0 Å². The fourth-order valence-electron chi connectivity index (χ4n) is 7.64. The summed E-state index contributed by atoms with van der Waals surface area (Å²) in [5, 5.41) is 23.0. The highest BCUT2D eigenvalue weighted by atomic mass is 16.5. The van der Waals surface area contributed by atoms with Gasteiger partial charge in [-0.05, 0) is 25.7 Å². The lowest BCUT2D eigenvalue weighted by Gasteiger charge is -2.22. The Morgan fingerprint density at radius 2 is 0.759 bits per heavy atom. The second kappa shape index (κ2) is 44.6. The molecule has 0 heterocycles. The van der Waals surface area contributed by atoms with Crippen LogP contribution in [0.2, 0.25) is 0 Å². The van der Waals surface area contributed by atoms with E-state index < -0.39 is 12.1 Å². The van der Waals surface area contributed by atoms with E-state index in [0.717, 1.165) is 57.8 Å². The molecule has 0 saturated heterocycles. The molecule has 0 aliphatic carbocycles. The third kappa shape index (κ3) is 40.5. The molecule has 0 rings (SSSR count). The lowest BCUT2D eigenvalue weighted by Crippen LogP contribution is -2.45. The Morgan fingerprint density at radius 3 is 1.13 bits per heavy atom. The lowest BCUT2D eigenvalue weighted by molar-refractivity contribution is -0.143. The molecule has 0 spiro atoms. The van der Waals surface area contributed by atoms with Crippen LogP contribution in [0.4, 0.5) is 0 Å². The number of carbonyl (C=O) groups excluding carboxylic acids is 2. The zero-order valence-corrected chi connectivity index (χ0v) is 36.5. The van der Waals surface area contributed by atoms with Gasteiger partial charge in [-0.15, -0.1) is 0 Å². The van der Waals surface area contributed by atoms with Gasteiger partial charge >= 0.3 is 5.97 Å². The van der Waals surface area contributed by atoms with E-state index in [1.807, 2.05) is 0 Å². The molecular formula is C48H95NO5. The molecule has 2 atom stereocenters. The summed E-state index contributed by atoms with van der Waals surface area (Å²) < 4.78 is 5.46. The minimum Gasteiger partial charge on any atom is -0.466 e. The molecule has 0 aromatic rings. The van der Waals surface area contributed by atoms with E-state index in [9.17, 15) is 19.8 Å². The normalized spacial score (nSPS) is 12.6. The molecule has 6 nitrogen and oxygen atoms in total. The average molecular weight is 766 g/mol. The molecule has 3 N–H and O–H groups in total. The number of hydrogen-bond donors (Lipinski definition) is 3. The fourth-order valence-corrected chi connectivity index (χ4v) is 7.64. The van der Waals surface area contributed by atoms with Crippen LogP contribution in [0.15, 0.2) is 0 Å². The van der Waals surface area contributed by atoms with E-state index >= 15 is 0 Å². The van der Waals surface area contributed by atoms with Crippen molar-refractivity contribution >= 4 is 11.9 Å². The summed E-state index contributed by atoms with van der Waals surface area (Å²) in [5.41, 5.74) is 0. The second-order valence-electron chi connectivity index (χ2n) is 16.8. The third-order valence-electron chi connectivity index (χ3n) is 11.4. The molecule has 0 saturated carbocycles. The summed E-state index contributed by atoms with van der Waals surface area (Å²) in [7, 11) is 0. The van der Waals surface area contributed by atoms with Crippen molar-refractivity contribution in [1.29, 1.82) is 0 Å². The first-order chi connectivity index (χ1) is 26.5. The minimum atomic E-state index is -0.677. The van der Waals surface area contributed by atoms with Gasteiger partial charge in [0, 0.05) is 12.8 Å². The fraction of sp³-hybridized carbons (Fsp3) is 0.958. The van der Waals surface area contributed by atoms with Crippen molar-refractivity contribution < 1.29 is 24.5 Å². The average Bonchev–Trinajstić information content (AvgIpc) is 3.17. The summed E-state index contributed by atoms with van der Waals surface area (Å²) in [5.74, 6) is -0.0840. The van der Waals surface area contributed by atoms with Gasteiger partial charge in [0.05, 0.1) is 25.4 Å². The van der Waals surface area contributed by atoms with E-state index in [0.29, 0.717) is 25.9 Å². The van der Waals surface area contributed by atoms with Gasteiger partial charge in [-0.25, -0.2) is 0 Å². The maximum atomic E-state index is 12.4. The highest BCUT2D eigenvalue weighted by Gasteiger charge is 2.20. The van der Waals surface area contributed by atoms with Crippen LogP contribution in [-0.2, 0) is 14.3 Å². The molecule has 322 valence electrons. The number of aliphatic hydroxyl groups is 2.